The van der Waals surface area contributed by atoms with Crippen LogP contribution in [-0.2, 0) is 14.4 Å². The molecular weight excluding hydrogens is 428 g/mol. The number of carbonyl (C=O) groups is 4. The van der Waals surface area contributed by atoms with E-state index in [1.165, 1.54) is 18.9 Å². The van der Waals surface area contributed by atoms with Crippen molar-refractivity contribution in [1.82, 2.24) is 15.1 Å². The first-order valence-electron chi connectivity index (χ1n) is 9.20. The molecule has 1 aliphatic carbocycles. The van der Waals surface area contributed by atoms with Gasteiger partial charge in [0, 0.05) is 11.5 Å². The van der Waals surface area contributed by atoms with Crippen molar-refractivity contribution in [1.29, 1.82) is 0 Å². The van der Waals surface area contributed by atoms with Crippen LogP contribution in [0.15, 0.2) is 28.7 Å². The van der Waals surface area contributed by atoms with Crippen LogP contribution in [0.3, 0.4) is 0 Å². The maximum atomic E-state index is 12.8. The highest BCUT2D eigenvalue weighted by molar-refractivity contribution is 9.10. The topological polar surface area (TPSA) is 98.8 Å². The summed E-state index contributed by atoms with van der Waals surface area (Å²) in [6, 6.07) is 5.62. The van der Waals surface area contributed by atoms with Gasteiger partial charge in [0.15, 0.2) is 0 Å². The van der Waals surface area contributed by atoms with E-state index < -0.39 is 23.5 Å². The number of urea groups is 1. The van der Waals surface area contributed by atoms with Crippen molar-refractivity contribution >= 4 is 45.4 Å². The Morgan fingerprint density at radius 3 is 2.57 bits per heavy atom. The van der Waals surface area contributed by atoms with Crippen molar-refractivity contribution in [3.05, 3.63) is 28.7 Å². The Hall–Kier alpha value is -2.42. The van der Waals surface area contributed by atoms with Gasteiger partial charge in [-0.2, -0.15) is 0 Å². The van der Waals surface area contributed by atoms with Gasteiger partial charge in [0.25, 0.3) is 5.91 Å². The van der Waals surface area contributed by atoms with Crippen LogP contribution in [0.25, 0.3) is 0 Å². The van der Waals surface area contributed by atoms with Gasteiger partial charge in [0.1, 0.15) is 11.6 Å². The molecule has 8 nitrogen and oxygen atoms in total. The number of imide groups is 1. The number of nitrogens with one attached hydrogen (secondary N) is 2. The first-order valence-corrected chi connectivity index (χ1v) is 9.99. The third-order valence-electron chi connectivity index (χ3n) is 5.30. The highest BCUT2D eigenvalue weighted by atomic mass is 79.9. The average molecular weight is 451 g/mol. The summed E-state index contributed by atoms with van der Waals surface area (Å²) >= 11 is 3.35. The Morgan fingerprint density at radius 1 is 1.29 bits per heavy atom. The van der Waals surface area contributed by atoms with Crippen molar-refractivity contribution in [2.24, 2.45) is 0 Å². The number of likely N-dealkylation sites (N-methyl/N-ethyl adjacent to an activating group) is 1. The number of nitrogens with zero attached hydrogens (tertiary/aromatic N) is 2. The molecule has 1 saturated heterocycles. The minimum absolute atomic E-state index is 0.195. The average Bonchev–Trinajstić information content (AvgIpc) is 3.21. The first-order chi connectivity index (χ1) is 13.2. The zero-order chi connectivity index (χ0) is 20.5. The quantitative estimate of drug-likeness (QED) is 0.670. The molecule has 5 amide bonds. The van der Waals surface area contributed by atoms with Crippen LogP contribution in [0, 0.1) is 0 Å². The molecule has 1 aromatic carbocycles. The zero-order valence-electron chi connectivity index (χ0n) is 15.8. The molecule has 0 bridgehead atoms. The van der Waals surface area contributed by atoms with E-state index in [0.717, 1.165) is 22.2 Å². The van der Waals surface area contributed by atoms with E-state index in [2.05, 4.69) is 26.6 Å². The lowest BCUT2D eigenvalue weighted by Gasteiger charge is -2.27. The highest BCUT2D eigenvalue weighted by Gasteiger charge is 2.54. The molecule has 1 unspecified atom stereocenters. The molecule has 28 heavy (non-hydrogen) atoms. The number of rotatable bonds is 5. The second-order valence-electron chi connectivity index (χ2n) is 7.29. The van der Waals surface area contributed by atoms with Gasteiger partial charge >= 0.3 is 6.03 Å². The minimum atomic E-state index is -0.978. The number of benzene rings is 1. The molecule has 3 rings (SSSR count). The molecule has 2 N–H and O–H groups in total. The standard InChI is InChI=1S/C19H23BrN4O4/c1-12(24-17(27)19(22-18(24)28)9-5-6-10-19)16(26)23(2)11-15(25)21-14-8-4-3-7-13(14)20/h3-4,7-8,12H,5-6,9-11H2,1-2H3,(H,21,25)(H,22,28). The normalized spacial score (nSPS) is 18.9. The summed E-state index contributed by atoms with van der Waals surface area (Å²) in [5.74, 6) is -1.19. The Morgan fingerprint density at radius 2 is 1.93 bits per heavy atom. The van der Waals surface area contributed by atoms with E-state index in [4.69, 9.17) is 0 Å². The Labute approximate surface area is 171 Å². The molecule has 2 aliphatic rings. The molecule has 1 spiro atoms. The monoisotopic (exact) mass is 450 g/mol. The second-order valence-corrected chi connectivity index (χ2v) is 8.15. The molecule has 2 fully saturated rings. The fraction of sp³-hybridized carbons (Fsp3) is 0.474. The Balaban J connectivity index is 1.62. The van der Waals surface area contributed by atoms with E-state index in [9.17, 15) is 19.2 Å². The smallest absolute Gasteiger partial charge is 0.325 e. The van der Waals surface area contributed by atoms with Gasteiger partial charge in [-0.05, 0) is 47.8 Å². The number of para-hydroxylation sites is 1. The first kappa shape index (κ1) is 20.3. The predicted molar refractivity (Wildman–Crippen MR) is 106 cm³/mol. The van der Waals surface area contributed by atoms with Crippen molar-refractivity contribution in [3.63, 3.8) is 0 Å². The molecule has 1 aliphatic heterocycles. The number of amides is 5. The van der Waals surface area contributed by atoms with Gasteiger partial charge in [-0.1, -0.05) is 25.0 Å². The van der Waals surface area contributed by atoms with E-state index in [1.54, 1.807) is 18.2 Å². The van der Waals surface area contributed by atoms with E-state index in [0.29, 0.717) is 18.5 Å². The number of carbonyl (C=O) groups excluding carboxylic acids is 4. The molecule has 0 aromatic heterocycles. The fourth-order valence-electron chi connectivity index (χ4n) is 3.79. The van der Waals surface area contributed by atoms with Gasteiger partial charge < -0.3 is 15.5 Å². The van der Waals surface area contributed by atoms with Gasteiger partial charge in [-0.3, -0.25) is 14.4 Å². The summed E-state index contributed by atoms with van der Waals surface area (Å²) in [6.07, 6.45) is 2.94. The Kier molecular flexibility index (Phi) is 5.74. The number of hydrogen-bond donors (Lipinski definition) is 2. The summed E-state index contributed by atoms with van der Waals surface area (Å²) in [6.45, 7) is 1.31. The third-order valence-corrected chi connectivity index (χ3v) is 5.99. The van der Waals surface area contributed by atoms with Crippen LogP contribution in [0.5, 0.6) is 0 Å². The van der Waals surface area contributed by atoms with Crippen molar-refractivity contribution in [2.45, 2.75) is 44.2 Å². The summed E-state index contributed by atoms with van der Waals surface area (Å²) in [5, 5.41) is 5.49. The maximum Gasteiger partial charge on any atom is 0.325 e. The van der Waals surface area contributed by atoms with Gasteiger partial charge in [-0.15, -0.1) is 0 Å². The molecule has 0 radical (unpaired) electrons. The molecule has 1 aromatic rings. The minimum Gasteiger partial charge on any atom is -0.335 e. The van der Waals surface area contributed by atoms with Crippen LogP contribution in [0.1, 0.15) is 32.6 Å². The third kappa shape index (κ3) is 3.76. The van der Waals surface area contributed by atoms with Crippen molar-refractivity contribution < 1.29 is 19.2 Å². The molecule has 1 saturated carbocycles. The molecule has 9 heteroatoms. The largest absolute Gasteiger partial charge is 0.335 e. The van der Waals surface area contributed by atoms with Crippen LogP contribution in [0.2, 0.25) is 0 Å². The summed E-state index contributed by atoms with van der Waals surface area (Å²) in [7, 11) is 1.47. The lowest BCUT2D eigenvalue weighted by atomic mass is 9.97. The highest BCUT2D eigenvalue weighted by Crippen LogP contribution is 2.35. The molecule has 1 atom stereocenters. The van der Waals surface area contributed by atoms with Crippen LogP contribution in [-0.4, -0.2) is 58.7 Å². The zero-order valence-corrected chi connectivity index (χ0v) is 17.4. The van der Waals surface area contributed by atoms with E-state index in [-0.39, 0.29) is 18.4 Å². The second kappa shape index (κ2) is 7.90. The number of anilines is 1. The predicted octanol–water partition coefficient (Wildman–Crippen LogP) is 2.10. The van der Waals surface area contributed by atoms with E-state index >= 15 is 0 Å². The fourth-order valence-corrected chi connectivity index (χ4v) is 4.17. The van der Waals surface area contributed by atoms with Crippen LogP contribution in [0.4, 0.5) is 10.5 Å². The maximum absolute atomic E-state index is 12.8. The summed E-state index contributed by atoms with van der Waals surface area (Å²) < 4.78 is 0.729. The van der Waals surface area contributed by atoms with Crippen LogP contribution >= 0.6 is 15.9 Å². The molecular formula is C19H23BrN4O4. The molecule has 150 valence electrons. The van der Waals surface area contributed by atoms with E-state index in [1.807, 2.05) is 6.07 Å². The lowest BCUT2D eigenvalue weighted by molar-refractivity contribution is -0.142. The summed E-state index contributed by atoms with van der Waals surface area (Å²) in [5.41, 5.74) is -0.264. The van der Waals surface area contributed by atoms with Crippen LogP contribution < -0.4 is 10.6 Å². The molecule has 1 heterocycles. The van der Waals surface area contributed by atoms with Gasteiger partial charge in [0.05, 0.1) is 12.2 Å². The number of hydrogen-bond acceptors (Lipinski definition) is 4. The number of halogens is 1. The van der Waals surface area contributed by atoms with Crippen molar-refractivity contribution in [3.8, 4) is 0 Å². The summed E-state index contributed by atoms with van der Waals surface area (Å²) in [4.78, 5) is 52.4. The SMILES string of the molecule is CC(C(=O)N(C)CC(=O)Nc1ccccc1Br)N1C(=O)NC2(CCCC2)C1=O. The Bertz CT molecular complexity index is 822. The van der Waals surface area contributed by atoms with Crippen molar-refractivity contribution in [2.75, 3.05) is 18.9 Å². The van der Waals surface area contributed by atoms with Gasteiger partial charge in [-0.25, -0.2) is 9.69 Å². The van der Waals surface area contributed by atoms with Gasteiger partial charge in [0.2, 0.25) is 11.8 Å². The lowest BCUT2D eigenvalue weighted by Crippen LogP contribution is -2.51.